The molecule has 0 radical (unpaired) electrons. The van der Waals surface area contributed by atoms with Crippen LogP contribution in [0.3, 0.4) is 0 Å². The molecule has 7 nitrogen and oxygen atoms in total. The molecule has 0 bridgehead atoms. The molecular weight excluding hydrogens is 429 g/mol. The number of hydrogen-bond acceptors (Lipinski definition) is 6. The molecule has 2 aromatic carbocycles. The first-order chi connectivity index (χ1) is 15.5. The van der Waals surface area contributed by atoms with Gasteiger partial charge >= 0.3 is 0 Å². The first-order valence-electron chi connectivity index (χ1n) is 10.5. The van der Waals surface area contributed by atoms with Gasteiger partial charge in [-0.1, -0.05) is 17.7 Å². The molecule has 164 valence electrons. The second-order valence-electron chi connectivity index (χ2n) is 7.92. The van der Waals surface area contributed by atoms with Gasteiger partial charge in [0.15, 0.2) is 5.65 Å². The van der Waals surface area contributed by atoms with Gasteiger partial charge in [-0.2, -0.15) is 15.1 Å². The molecule has 0 unspecified atom stereocenters. The second kappa shape index (κ2) is 8.27. The maximum Gasteiger partial charge on any atom is 0.229 e. The summed E-state index contributed by atoms with van der Waals surface area (Å²) in [7, 11) is 1.87. The van der Waals surface area contributed by atoms with Crippen LogP contribution < -0.4 is 15.1 Å². The molecule has 1 saturated heterocycles. The highest BCUT2D eigenvalue weighted by Gasteiger charge is 2.22. The van der Waals surface area contributed by atoms with Crippen molar-refractivity contribution >= 4 is 45.8 Å². The molecule has 4 aromatic rings. The highest BCUT2D eigenvalue weighted by Crippen LogP contribution is 2.29. The van der Waals surface area contributed by atoms with Crippen molar-refractivity contribution in [3.8, 4) is 0 Å². The molecule has 1 aliphatic rings. The van der Waals surface area contributed by atoms with E-state index in [0.29, 0.717) is 16.8 Å². The summed E-state index contributed by atoms with van der Waals surface area (Å²) in [6, 6.07) is 12.5. The standard InChI is InChI=1S/C23H23ClFN7/c1-15-3-6-17(13-20(15)24)27-21-19-14-26-30(2)22(19)29-23(28-21)32-11-9-31(10-12-32)18-7-4-16(25)5-8-18/h3-8,13-14H,9-12H2,1-2H3,(H,27,28,29). The number of aryl methyl sites for hydroxylation is 2. The number of benzene rings is 2. The molecule has 1 N–H and O–H groups in total. The number of piperazine rings is 1. The van der Waals surface area contributed by atoms with E-state index in [1.165, 1.54) is 12.1 Å². The lowest BCUT2D eigenvalue weighted by molar-refractivity contribution is 0.623. The van der Waals surface area contributed by atoms with Crippen molar-refractivity contribution < 1.29 is 4.39 Å². The van der Waals surface area contributed by atoms with Gasteiger partial charge < -0.3 is 15.1 Å². The summed E-state index contributed by atoms with van der Waals surface area (Å²) in [5.74, 6) is 1.12. The lowest BCUT2D eigenvalue weighted by atomic mass is 10.2. The van der Waals surface area contributed by atoms with Crippen molar-refractivity contribution in [1.82, 2.24) is 19.7 Å². The van der Waals surface area contributed by atoms with Gasteiger partial charge in [-0.05, 0) is 48.9 Å². The molecule has 0 aliphatic carbocycles. The summed E-state index contributed by atoms with van der Waals surface area (Å²) < 4.78 is 15.0. The van der Waals surface area contributed by atoms with Gasteiger partial charge in [0.2, 0.25) is 5.95 Å². The summed E-state index contributed by atoms with van der Waals surface area (Å²) >= 11 is 6.31. The Balaban J connectivity index is 1.41. The van der Waals surface area contributed by atoms with Crippen LogP contribution in [-0.4, -0.2) is 45.9 Å². The van der Waals surface area contributed by atoms with E-state index < -0.39 is 0 Å². The Hall–Kier alpha value is -3.39. The zero-order valence-corrected chi connectivity index (χ0v) is 18.6. The number of hydrogen-bond donors (Lipinski definition) is 1. The van der Waals surface area contributed by atoms with Crippen LogP contribution in [0.1, 0.15) is 5.56 Å². The molecule has 3 heterocycles. The molecule has 2 aromatic heterocycles. The maximum atomic E-state index is 13.2. The second-order valence-corrected chi connectivity index (χ2v) is 8.32. The number of anilines is 4. The van der Waals surface area contributed by atoms with E-state index in [0.717, 1.165) is 54.2 Å². The fourth-order valence-electron chi connectivity index (χ4n) is 3.87. The first-order valence-corrected chi connectivity index (χ1v) is 10.8. The van der Waals surface area contributed by atoms with Crippen LogP contribution in [0.2, 0.25) is 5.02 Å². The van der Waals surface area contributed by atoms with E-state index >= 15 is 0 Å². The largest absolute Gasteiger partial charge is 0.368 e. The van der Waals surface area contributed by atoms with Gasteiger partial charge in [0.05, 0.1) is 11.6 Å². The van der Waals surface area contributed by atoms with Crippen LogP contribution in [0.25, 0.3) is 11.0 Å². The average Bonchev–Trinajstić information content (AvgIpc) is 3.18. The Labute approximate surface area is 190 Å². The Morgan fingerprint density at radius 1 is 0.969 bits per heavy atom. The molecule has 5 rings (SSSR count). The van der Waals surface area contributed by atoms with Gasteiger partial charge in [-0.25, -0.2) is 4.39 Å². The Morgan fingerprint density at radius 3 is 2.41 bits per heavy atom. The zero-order valence-electron chi connectivity index (χ0n) is 17.9. The third kappa shape index (κ3) is 3.93. The number of nitrogens with zero attached hydrogens (tertiary/aromatic N) is 6. The van der Waals surface area contributed by atoms with Crippen molar-refractivity contribution in [1.29, 1.82) is 0 Å². The minimum Gasteiger partial charge on any atom is -0.368 e. The summed E-state index contributed by atoms with van der Waals surface area (Å²) in [6.07, 6.45) is 1.77. The van der Waals surface area contributed by atoms with Crippen LogP contribution in [0.4, 0.5) is 27.5 Å². The lowest BCUT2D eigenvalue weighted by Gasteiger charge is -2.36. The van der Waals surface area contributed by atoms with E-state index in [-0.39, 0.29) is 5.82 Å². The molecular formula is C23H23ClFN7. The van der Waals surface area contributed by atoms with Crippen molar-refractivity contribution in [3.05, 3.63) is 65.1 Å². The highest BCUT2D eigenvalue weighted by molar-refractivity contribution is 6.31. The first kappa shape index (κ1) is 20.5. The van der Waals surface area contributed by atoms with Gasteiger partial charge in [0.25, 0.3) is 0 Å². The molecule has 1 fully saturated rings. The van der Waals surface area contributed by atoms with E-state index in [4.69, 9.17) is 21.6 Å². The fourth-order valence-corrected chi connectivity index (χ4v) is 4.05. The van der Waals surface area contributed by atoms with Crippen molar-refractivity contribution in [2.24, 2.45) is 7.05 Å². The number of halogens is 2. The van der Waals surface area contributed by atoms with Gasteiger partial charge in [-0.15, -0.1) is 0 Å². The number of aromatic nitrogens is 4. The lowest BCUT2D eigenvalue weighted by Crippen LogP contribution is -2.47. The predicted octanol–water partition coefficient (Wildman–Crippen LogP) is 4.53. The number of nitrogens with one attached hydrogen (secondary N) is 1. The summed E-state index contributed by atoms with van der Waals surface area (Å²) in [4.78, 5) is 14.0. The third-order valence-electron chi connectivity index (χ3n) is 5.77. The average molecular weight is 452 g/mol. The van der Waals surface area contributed by atoms with Crippen LogP contribution >= 0.6 is 11.6 Å². The normalized spacial score (nSPS) is 14.2. The third-order valence-corrected chi connectivity index (χ3v) is 6.18. The minimum atomic E-state index is -0.222. The monoisotopic (exact) mass is 451 g/mol. The van der Waals surface area contributed by atoms with Crippen molar-refractivity contribution in [3.63, 3.8) is 0 Å². The highest BCUT2D eigenvalue weighted by atomic mass is 35.5. The predicted molar refractivity (Wildman–Crippen MR) is 127 cm³/mol. The minimum absolute atomic E-state index is 0.222. The fraction of sp³-hybridized carbons (Fsp3) is 0.261. The molecule has 0 atom stereocenters. The smallest absolute Gasteiger partial charge is 0.229 e. The maximum absolute atomic E-state index is 13.2. The van der Waals surface area contributed by atoms with E-state index in [1.807, 2.05) is 44.3 Å². The zero-order chi connectivity index (χ0) is 22.2. The quantitative estimate of drug-likeness (QED) is 0.491. The summed E-state index contributed by atoms with van der Waals surface area (Å²) in [6.45, 7) is 5.09. The molecule has 0 amide bonds. The van der Waals surface area contributed by atoms with Gasteiger partial charge in [0, 0.05) is 49.6 Å². The molecule has 9 heteroatoms. The Kier molecular flexibility index (Phi) is 5.30. The van der Waals surface area contributed by atoms with Gasteiger partial charge in [0.1, 0.15) is 11.6 Å². The van der Waals surface area contributed by atoms with Crippen LogP contribution in [-0.2, 0) is 7.05 Å². The van der Waals surface area contributed by atoms with Crippen LogP contribution in [0, 0.1) is 12.7 Å². The number of fused-ring (bicyclic) bond motifs is 1. The number of rotatable bonds is 4. The molecule has 1 aliphatic heterocycles. The molecule has 0 saturated carbocycles. The van der Waals surface area contributed by atoms with Crippen LogP contribution in [0.15, 0.2) is 48.7 Å². The summed E-state index contributed by atoms with van der Waals surface area (Å²) in [5.41, 5.74) is 3.66. The topological polar surface area (TPSA) is 62.1 Å². The summed E-state index contributed by atoms with van der Waals surface area (Å²) in [5, 5.41) is 9.29. The SMILES string of the molecule is Cc1ccc(Nc2nc(N3CCN(c4ccc(F)cc4)CC3)nc3c2cnn3C)cc1Cl. The van der Waals surface area contributed by atoms with E-state index in [2.05, 4.69) is 20.2 Å². The van der Waals surface area contributed by atoms with Crippen molar-refractivity contribution in [2.75, 3.05) is 41.3 Å². The molecule has 32 heavy (non-hydrogen) atoms. The van der Waals surface area contributed by atoms with E-state index in [1.54, 1.807) is 10.9 Å². The molecule has 0 spiro atoms. The Bertz CT molecular complexity index is 1260. The van der Waals surface area contributed by atoms with E-state index in [9.17, 15) is 4.39 Å². The van der Waals surface area contributed by atoms with Crippen molar-refractivity contribution in [2.45, 2.75) is 6.92 Å². The Morgan fingerprint density at radius 2 is 1.69 bits per heavy atom. The van der Waals surface area contributed by atoms with Crippen LogP contribution in [0.5, 0.6) is 0 Å². The van der Waals surface area contributed by atoms with Gasteiger partial charge in [-0.3, -0.25) is 4.68 Å².